The number of imidazole rings is 1. The molecule has 27 heavy (non-hydrogen) atoms. The molecule has 3 rings (SSSR count). The third-order valence-electron chi connectivity index (χ3n) is 4.45. The Bertz CT molecular complexity index is 951. The van der Waals surface area contributed by atoms with E-state index in [0.29, 0.717) is 0 Å². The molecule has 142 valence electrons. The maximum absolute atomic E-state index is 12.5. The number of aromatic nitrogens is 2. The number of hydrogen-bond acceptors (Lipinski definition) is 4. The summed E-state index contributed by atoms with van der Waals surface area (Å²) in [5, 5.41) is 14.0. The number of carbonyl (C=O) groups excluding carboxylic acids is 1. The number of rotatable bonds is 6. The van der Waals surface area contributed by atoms with Crippen molar-refractivity contribution >= 4 is 28.2 Å². The summed E-state index contributed by atoms with van der Waals surface area (Å²) in [5.41, 5.74) is 2.80. The molecular weight excluding hydrogens is 362 g/mol. The number of hydrogen-bond donors (Lipinski definition) is 2. The van der Waals surface area contributed by atoms with Crippen molar-refractivity contribution in [1.29, 1.82) is 0 Å². The Hall–Kier alpha value is -2.67. The van der Waals surface area contributed by atoms with Gasteiger partial charge in [0.2, 0.25) is 5.91 Å². The summed E-state index contributed by atoms with van der Waals surface area (Å²) in [6, 6.07) is 7.20. The second kappa shape index (κ2) is 7.52. The van der Waals surface area contributed by atoms with Gasteiger partial charge in [-0.2, -0.15) is 0 Å². The molecule has 1 unspecified atom stereocenters. The molecule has 1 amide bonds. The molecule has 0 aliphatic heterocycles. The van der Waals surface area contributed by atoms with Crippen molar-refractivity contribution in [2.75, 3.05) is 0 Å². The molecule has 6 nitrogen and oxygen atoms in total. The quantitative estimate of drug-likeness (QED) is 0.679. The van der Waals surface area contributed by atoms with E-state index in [2.05, 4.69) is 31.1 Å². The van der Waals surface area contributed by atoms with E-state index in [1.807, 2.05) is 40.2 Å². The molecular formula is C20H23N3O3S. The molecule has 1 atom stereocenters. The van der Waals surface area contributed by atoms with Crippen LogP contribution in [0, 0.1) is 0 Å². The smallest absolute Gasteiger partial charge is 0.305 e. The molecule has 0 saturated carbocycles. The molecule has 0 aliphatic carbocycles. The average molecular weight is 385 g/mol. The average Bonchev–Trinajstić information content (AvgIpc) is 3.18. The lowest BCUT2D eigenvalue weighted by molar-refractivity contribution is -0.137. The zero-order valence-corrected chi connectivity index (χ0v) is 16.4. The van der Waals surface area contributed by atoms with Crippen LogP contribution in [0.25, 0.3) is 4.96 Å². The van der Waals surface area contributed by atoms with Gasteiger partial charge in [0.25, 0.3) is 0 Å². The van der Waals surface area contributed by atoms with Gasteiger partial charge in [-0.1, -0.05) is 45.0 Å². The zero-order valence-electron chi connectivity index (χ0n) is 15.6. The van der Waals surface area contributed by atoms with E-state index in [0.717, 1.165) is 21.8 Å². The lowest BCUT2D eigenvalue weighted by Gasteiger charge is -2.22. The minimum Gasteiger partial charge on any atom is -0.481 e. The van der Waals surface area contributed by atoms with Crippen LogP contribution in [0.15, 0.2) is 42.0 Å². The fourth-order valence-corrected chi connectivity index (χ4v) is 3.80. The summed E-state index contributed by atoms with van der Waals surface area (Å²) in [7, 11) is 0. The van der Waals surface area contributed by atoms with Gasteiger partial charge in [-0.15, -0.1) is 11.3 Å². The van der Waals surface area contributed by atoms with Gasteiger partial charge in [-0.05, 0) is 16.5 Å². The summed E-state index contributed by atoms with van der Waals surface area (Å²) >= 11 is 1.47. The Labute approximate surface area is 161 Å². The SMILES string of the molecule is CC(C)(C)c1ccc(C(CC(=O)O)NC(=O)Cc2csc3nccn23)cc1. The van der Waals surface area contributed by atoms with Gasteiger partial charge in [-0.3, -0.25) is 14.0 Å². The van der Waals surface area contributed by atoms with E-state index in [-0.39, 0.29) is 24.2 Å². The molecule has 0 fully saturated rings. The third kappa shape index (κ3) is 4.54. The van der Waals surface area contributed by atoms with Gasteiger partial charge < -0.3 is 10.4 Å². The van der Waals surface area contributed by atoms with Crippen LogP contribution in [0.3, 0.4) is 0 Å². The van der Waals surface area contributed by atoms with Crippen LogP contribution in [-0.2, 0) is 21.4 Å². The predicted octanol–water partition coefficient (Wildman–Crippen LogP) is 3.57. The van der Waals surface area contributed by atoms with Gasteiger partial charge in [0.05, 0.1) is 18.9 Å². The number of nitrogens with zero attached hydrogens (tertiary/aromatic N) is 2. The van der Waals surface area contributed by atoms with Gasteiger partial charge in [0.1, 0.15) is 0 Å². The largest absolute Gasteiger partial charge is 0.481 e. The highest BCUT2D eigenvalue weighted by Crippen LogP contribution is 2.25. The number of carboxylic acids is 1. The van der Waals surface area contributed by atoms with Crippen molar-refractivity contribution in [1.82, 2.24) is 14.7 Å². The number of amides is 1. The lowest BCUT2D eigenvalue weighted by atomic mass is 9.86. The molecule has 2 aromatic heterocycles. The summed E-state index contributed by atoms with van der Waals surface area (Å²) in [4.78, 5) is 28.8. The molecule has 0 bridgehead atoms. The molecule has 2 N–H and O–H groups in total. The first-order chi connectivity index (χ1) is 12.7. The molecule has 7 heteroatoms. The summed E-state index contributed by atoms with van der Waals surface area (Å²) < 4.78 is 1.87. The van der Waals surface area contributed by atoms with Gasteiger partial charge in [0.15, 0.2) is 4.96 Å². The van der Waals surface area contributed by atoms with Crippen molar-refractivity contribution in [3.05, 3.63) is 58.9 Å². The second-order valence-electron chi connectivity index (χ2n) is 7.57. The fraction of sp³-hybridized carbons (Fsp3) is 0.350. The van der Waals surface area contributed by atoms with E-state index in [1.54, 1.807) is 6.20 Å². The maximum atomic E-state index is 12.5. The molecule has 1 aromatic carbocycles. The lowest BCUT2D eigenvalue weighted by Crippen LogP contribution is -2.31. The van der Waals surface area contributed by atoms with Crippen molar-refractivity contribution in [3.8, 4) is 0 Å². The highest BCUT2D eigenvalue weighted by atomic mass is 32.1. The van der Waals surface area contributed by atoms with Crippen LogP contribution < -0.4 is 5.32 Å². The van der Waals surface area contributed by atoms with E-state index in [1.165, 1.54) is 11.3 Å². The zero-order chi connectivity index (χ0) is 19.6. The molecule has 3 aromatic rings. The van der Waals surface area contributed by atoms with Crippen LogP contribution in [0.4, 0.5) is 0 Å². The van der Waals surface area contributed by atoms with Crippen LogP contribution in [0.5, 0.6) is 0 Å². The van der Waals surface area contributed by atoms with Crippen LogP contribution in [0.2, 0.25) is 0 Å². The van der Waals surface area contributed by atoms with E-state index >= 15 is 0 Å². The molecule has 0 spiro atoms. The van der Waals surface area contributed by atoms with E-state index < -0.39 is 12.0 Å². The molecule has 0 aliphatic rings. The molecule has 0 radical (unpaired) electrons. The molecule has 2 heterocycles. The predicted molar refractivity (Wildman–Crippen MR) is 105 cm³/mol. The first kappa shape index (κ1) is 19.1. The summed E-state index contributed by atoms with van der Waals surface area (Å²) in [5.74, 6) is -1.16. The minimum atomic E-state index is -0.951. The highest BCUT2D eigenvalue weighted by Gasteiger charge is 2.20. The van der Waals surface area contributed by atoms with Crippen molar-refractivity contribution in [2.24, 2.45) is 0 Å². The van der Waals surface area contributed by atoms with Gasteiger partial charge in [0, 0.05) is 23.5 Å². The number of carbonyl (C=O) groups is 2. The van der Waals surface area contributed by atoms with Crippen molar-refractivity contribution in [2.45, 2.75) is 45.1 Å². The Kier molecular flexibility index (Phi) is 5.32. The standard InChI is InChI=1S/C20H23N3O3S/c1-20(2,3)14-6-4-13(5-7-14)16(11-18(25)26)22-17(24)10-15-12-27-19-21-8-9-23(15)19/h4-9,12,16H,10-11H2,1-3H3,(H,22,24)(H,25,26). The normalized spacial score (nSPS) is 12.9. The Balaban J connectivity index is 1.75. The number of benzene rings is 1. The number of nitrogens with one attached hydrogen (secondary N) is 1. The van der Waals surface area contributed by atoms with Gasteiger partial charge >= 0.3 is 5.97 Å². The van der Waals surface area contributed by atoms with Crippen LogP contribution in [0.1, 0.15) is 50.1 Å². The summed E-state index contributed by atoms with van der Waals surface area (Å²) in [6.07, 6.45) is 3.52. The third-order valence-corrected chi connectivity index (χ3v) is 5.35. The van der Waals surface area contributed by atoms with Crippen LogP contribution in [-0.4, -0.2) is 26.4 Å². The topological polar surface area (TPSA) is 83.7 Å². The number of carboxylic acid groups (broad SMARTS) is 1. The number of fused-ring (bicyclic) bond motifs is 1. The highest BCUT2D eigenvalue weighted by molar-refractivity contribution is 7.15. The molecule has 0 saturated heterocycles. The van der Waals surface area contributed by atoms with Crippen molar-refractivity contribution in [3.63, 3.8) is 0 Å². The van der Waals surface area contributed by atoms with Gasteiger partial charge in [-0.25, -0.2) is 4.98 Å². The summed E-state index contributed by atoms with van der Waals surface area (Å²) in [6.45, 7) is 6.36. The van der Waals surface area contributed by atoms with Crippen LogP contribution >= 0.6 is 11.3 Å². The fourth-order valence-electron chi connectivity index (χ4n) is 2.95. The Morgan fingerprint density at radius 1 is 1.26 bits per heavy atom. The number of thiazole rings is 1. The monoisotopic (exact) mass is 385 g/mol. The van der Waals surface area contributed by atoms with E-state index in [4.69, 9.17) is 0 Å². The first-order valence-corrected chi connectivity index (χ1v) is 9.63. The van der Waals surface area contributed by atoms with Crippen molar-refractivity contribution < 1.29 is 14.7 Å². The Morgan fingerprint density at radius 2 is 1.96 bits per heavy atom. The minimum absolute atomic E-state index is 0.0131. The van der Waals surface area contributed by atoms with E-state index in [9.17, 15) is 14.7 Å². The maximum Gasteiger partial charge on any atom is 0.305 e. The second-order valence-corrected chi connectivity index (χ2v) is 8.41. The first-order valence-electron chi connectivity index (χ1n) is 8.75. The Morgan fingerprint density at radius 3 is 2.59 bits per heavy atom. The number of aliphatic carboxylic acids is 1.